The summed E-state index contributed by atoms with van der Waals surface area (Å²) in [6.45, 7) is 4.16. The number of rotatable bonds is 6. The normalized spacial score (nSPS) is 11.2. The first-order chi connectivity index (χ1) is 14.9. The zero-order valence-corrected chi connectivity index (χ0v) is 18.1. The summed E-state index contributed by atoms with van der Waals surface area (Å²) < 4.78 is 10.7. The van der Waals surface area contributed by atoms with Gasteiger partial charge in [0.15, 0.2) is 0 Å². The van der Waals surface area contributed by atoms with Crippen LogP contribution in [0.15, 0.2) is 59.6 Å². The highest BCUT2D eigenvalue weighted by molar-refractivity contribution is 7.11. The molecule has 0 amide bonds. The first-order valence-electron chi connectivity index (χ1n) is 9.11. The summed E-state index contributed by atoms with van der Waals surface area (Å²) in [5, 5.41) is 15.1. The Hall–Kier alpha value is -3.50. The molecule has 0 radical (unpaired) electrons. The van der Waals surface area contributed by atoms with Gasteiger partial charge in [-0.05, 0) is 35.4 Å². The predicted molar refractivity (Wildman–Crippen MR) is 115 cm³/mol. The molecular weight excluding hydrogens is 436 g/mol. The highest BCUT2D eigenvalue weighted by atomic mass is 32.1. The monoisotopic (exact) mass is 452 g/mol. The number of aromatic nitrogens is 4. The summed E-state index contributed by atoms with van der Waals surface area (Å²) >= 11 is 2.25. The van der Waals surface area contributed by atoms with Crippen molar-refractivity contribution in [3.63, 3.8) is 0 Å². The SMILES string of the molecule is CC(C)(c1ccc(OC(=O)c2nncs2)cc1)c1ccc(OC(=O)c2nncs2)cc1. The summed E-state index contributed by atoms with van der Waals surface area (Å²) in [5.41, 5.74) is 4.68. The van der Waals surface area contributed by atoms with E-state index in [1.807, 2.05) is 24.3 Å². The molecule has 0 atom stereocenters. The quantitative estimate of drug-likeness (QED) is 0.317. The Labute approximate surface area is 185 Å². The van der Waals surface area contributed by atoms with Gasteiger partial charge < -0.3 is 9.47 Å². The van der Waals surface area contributed by atoms with Crippen molar-refractivity contribution < 1.29 is 19.1 Å². The van der Waals surface area contributed by atoms with Crippen LogP contribution in [0.2, 0.25) is 0 Å². The van der Waals surface area contributed by atoms with Crippen molar-refractivity contribution in [2.45, 2.75) is 19.3 Å². The molecule has 2 heterocycles. The van der Waals surface area contributed by atoms with Gasteiger partial charge in [0.25, 0.3) is 0 Å². The van der Waals surface area contributed by atoms with Crippen LogP contribution in [-0.4, -0.2) is 32.3 Å². The molecule has 8 nitrogen and oxygen atoms in total. The average Bonchev–Trinajstić information content (AvgIpc) is 3.49. The van der Waals surface area contributed by atoms with E-state index in [0.29, 0.717) is 11.5 Å². The molecule has 156 valence electrons. The van der Waals surface area contributed by atoms with Gasteiger partial charge in [-0.3, -0.25) is 0 Å². The highest BCUT2D eigenvalue weighted by Crippen LogP contribution is 2.33. The van der Waals surface area contributed by atoms with Crippen LogP contribution in [0.1, 0.15) is 44.6 Å². The zero-order chi connectivity index (χ0) is 21.8. The van der Waals surface area contributed by atoms with Crippen LogP contribution < -0.4 is 9.47 Å². The van der Waals surface area contributed by atoms with E-state index >= 15 is 0 Å². The van der Waals surface area contributed by atoms with Gasteiger partial charge in [-0.2, -0.15) is 0 Å². The molecule has 2 aromatic carbocycles. The fourth-order valence-corrected chi connectivity index (χ4v) is 3.72. The van der Waals surface area contributed by atoms with Crippen LogP contribution in [0.25, 0.3) is 0 Å². The average molecular weight is 453 g/mol. The summed E-state index contributed by atoms with van der Waals surface area (Å²) in [6, 6.07) is 14.6. The standard InChI is InChI=1S/C21H16N4O4S2/c1-21(2,13-3-7-15(8-4-13)28-19(26)17-24-22-11-30-17)14-5-9-16(10-6-14)29-20(27)18-25-23-12-31-18/h3-12H,1-2H3. The first-order valence-corrected chi connectivity index (χ1v) is 10.9. The third-order valence-corrected chi connectivity index (χ3v) is 5.98. The van der Waals surface area contributed by atoms with Crippen molar-refractivity contribution in [2.24, 2.45) is 0 Å². The molecule has 10 heteroatoms. The Kier molecular flexibility index (Phi) is 5.83. The molecule has 31 heavy (non-hydrogen) atoms. The molecule has 0 fully saturated rings. The lowest BCUT2D eigenvalue weighted by atomic mass is 9.78. The summed E-state index contributed by atoms with van der Waals surface area (Å²) in [5.74, 6) is -0.210. The van der Waals surface area contributed by atoms with Crippen molar-refractivity contribution in [3.05, 3.63) is 80.7 Å². The number of carbonyl (C=O) groups excluding carboxylic acids is 2. The zero-order valence-electron chi connectivity index (χ0n) is 16.5. The summed E-state index contributed by atoms with van der Waals surface area (Å²) in [4.78, 5) is 24.0. The molecule has 0 N–H and O–H groups in total. The summed E-state index contributed by atoms with van der Waals surface area (Å²) in [7, 11) is 0. The number of nitrogens with zero attached hydrogens (tertiary/aromatic N) is 4. The van der Waals surface area contributed by atoms with E-state index in [1.165, 1.54) is 11.0 Å². The van der Waals surface area contributed by atoms with Crippen molar-refractivity contribution in [1.82, 2.24) is 20.4 Å². The predicted octanol–water partition coefficient (Wildman–Crippen LogP) is 4.15. The molecule has 4 rings (SSSR count). The van der Waals surface area contributed by atoms with Crippen LogP contribution in [0, 0.1) is 0 Å². The largest absolute Gasteiger partial charge is 0.421 e. The number of hydrogen-bond acceptors (Lipinski definition) is 10. The van der Waals surface area contributed by atoms with Crippen molar-refractivity contribution in [2.75, 3.05) is 0 Å². The Morgan fingerprint density at radius 2 is 1.10 bits per heavy atom. The van der Waals surface area contributed by atoms with Gasteiger partial charge in [-0.25, -0.2) is 9.59 Å². The lowest BCUT2D eigenvalue weighted by Gasteiger charge is -2.26. The maximum atomic E-state index is 12.0. The Bertz CT molecular complexity index is 1080. The van der Waals surface area contributed by atoms with E-state index in [4.69, 9.17) is 9.47 Å². The minimum Gasteiger partial charge on any atom is -0.421 e. The molecule has 0 saturated carbocycles. The Morgan fingerprint density at radius 1 is 0.710 bits per heavy atom. The van der Waals surface area contributed by atoms with Crippen molar-refractivity contribution in [3.8, 4) is 11.5 Å². The molecule has 0 bridgehead atoms. The van der Waals surface area contributed by atoms with E-state index in [2.05, 4.69) is 34.2 Å². The van der Waals surface area contributed by atoms with E-state index < -0.39 is 11.9 Å². The Morgan fingerprint density at radius 3 is 1.42 bits per heavy atom. The molecule has 0 aliphatic rings. The topological polar surface area (TPSA) is 104 Å². The second-order valence-electron chi connectivity index (χ2n) is 6.94. The van der Waals surface area contributed by atoms with Crippen molar-refractivity contribution in [1.29, 1.82) is 0 Å². The fourth-order valence-electron chi connectivity index (χ4n) is 2.87. The molecule has 0 aliphatic heterocycles. The molecule has 4 aromatic rings. The molecule has 0 spiro atoms. The van der Waals surface area contributed by atoms with Gasteiger partial charge >= 0.3 is 11.9 Å². The number of ether oxygens (including phenoxy) is 2. The van der Waals surface area contributed by atoms with Gasteiger partial charge in [-0.1, -0.05) is 60.8 Å². The van der Waals surface area contributed by atoms with Crippen molar-refractivity contribution >= 4 is 34.6 Å². The van der Waals surface area contributed by atoms with Gasteiger partial charge in [0.05, 0.1) is 0 Å². The van der Waals surface area contributed by atoms with Crippen LogP contribution in [0.5, 0.6) is 11.5 Å². The molecule has 0 saturated heterocycles. The van der Waals surface area contributed by atoms with Crippen LogP contribution in [0.3, 0.4) is 0 Å². The Balaban J connectivity index is 1.45. The van der Waals surface area contributed by atoms with E-state index in [0.717, 1.165) is 33.8 Å². The van der Waals surface area contributed by atoms with Gasteiger partial charge in [-0.15, -0.1) is 20.4 Å². The highest BCUT2D eigenvalue weighted by Gasteiger charge is 2.24. The summed E-state index contributed by atoms with van der Waals surface area (Å²) in [6.07, 6.45) is 0. The lowest BCUT2D eigenvalue weighted by Crippen LogP contribution is -2.19. The second kappa shape index (κ2) is 8.70. The molecule has 2 aromatic heterocycles. The number of esters is 2. The minimum atomic E-state index is -0.534. The van der Waals surface area contributed by atoms with E-state index in [-0.39, 0.29) is 15.4 Å². The van der Waals surface area contributed by atoms with E-state index in [9.17, 15) is 9.59 Å². The number of carbonyl (C=O) groups is 2. The number of hydrogen-bond donors (Lipinski definition) is 0. The van der Waals surface area contributed by atoms with Gasteiger partial charge in [0.2, 0.25) is 10.0 Å². The van der Waals surface area contributed by atoms with Gasteiger partial charge in [0.1, 0.15) is 22.5 Å². The number of benzene rings is 2. The third-order valence-electron chi connectivity index (χ3n) is 4.64. The second-order valence-corrected chi connectivity index (χ2v) is 8.61. The van der Waals surface area contributed by atoms with Gasteiger partial charge in [0, 0.05) is 5.41 Å². The minimum absolute atomic E-state index is 0.205. The van der Waals surface area contributed by atoms with E-state index in [1.54, 1.807) is 24.3 Å². The third kappa shape index (κ3) is 4.65. The fraction of sp³-hybridized carbons (Fsp3) is 0.143. The molecule has 0 aliphatic carbocycles. The van der Waals surface area contributed by atoms with Crippen LogP contribution in [-0.2, 0) is 5.41 Å². The molecular formula is C21H16N4O4S2. The van der Waals surface area contributed by atoms with Crippen LogP contribution in [0.4, 0.5) is 0 Å². The lowest BCUT2D eigenvalue weighted by molar-refractivity contribution is 0.0724. The maximum absolute atomic E-state index is 12.0. The maximum Gasteiger partial charge on any atom is 0.374 e. The first kappa shape index (κ1) is 20.8. The van der Waals surface area contributed by atoms with Crippen LogP contribution >= 0.6 is 22.7 Å². The molecule has 0 unspecified atom stereocenters. The smallest absolute Gasteiger partial charge is 0.374 e.